The number of aliphatic hydroxyl groups is 1. The van der Waals surface area contributed by atoms with E-state index >= 15 is 0 Å². The number of benzene rings is 1. The molecular weight excluding hydrogens is 294 g/mol. The molecule has 1 aromatic carbocycles. The van der Waals surface area contributed by atoms with E-state index < -0.39 is 0 Å². The highest BCUT2D eigenvalue weighted by atomic mass is 16.5. The highest BCUT2D eigenvalue weighted by molar-refractivity contribution is 5.79. The summed E-state index contributed by atoms with van der Waals surface area (Å²) in [5, 5.41) is 19.7. The average molecular weight is 317 g/mol. The highest BCUT2D eigenvalue weighted by Crippen LogP contribution is 2.13. The van der Waals surface area contributed by atoms with Crippen molar-refractivity contribution in [1.29, 1.82) is 0 Å². The Labute approximate surface area is 135 Å². The highest BCUT2D eigenvalue weighted by Gasteiger charge is 2.11. The lowest BCUT2D eigenvalue weighted by Crippen LogP contribution is -2.39. The fourth-order valence-electron chi connectivity index (χ4n) is 2.13. The maximum Gasteiger partial charge on any atom is 0.248 e. The standard InChI is InChI=1S/C16H23N5O2/c1-3-17-16(19-10-15-20-12(2)21-23-15)18-9-14(11-22)13-7-5-4-6-8-13/h4-8,14,22H,3,9-11H2,1-2H3,(H2,17,18,19). The molecule has 0 aliphatic carbocycles. The first-order valence-corrected chi connectivity index (χ1v) is 7.70. The molecule has 1 aromatic heterocycles. The molecule has 124 valence electrons. The van der Waals surface area contributed by atoms with Crippen LogP contribution in [0.2, 0.25) is 0 Å². The van der Waals surface area contributed by atoms with Crippen molar-refractivity contribution in [3.8, 4) is 0 Å². The lowest BCUT2D eigenvalue weighted by Gasteiger charge is -2.17. The fraction of sp³-hybridized carbons (Fsp3) is 0.438. The van der Waals surface area contributed by atoms with Crippen LogP contribution in [0.1, 0.15) is 30.1 Å². The molecule has 2 rings (SSSR count). The van der Waals surface area contributed by atoms with Crippen LogP contribution in [-0.2, 0) is 6.54 Å². The Morgan fingerprint density at radius 2 is 2.09 bits per heavy atom. The summed E-state index contributed by atoms with van der Waals surface area (Å²) in [4.78, 5) is 8.53. The molecule has 0 aliphatic rings. The number of hydrogen-bond acceptors (Lipinski definition) is 5. The molecule has 0 bridgehead atoms. The quantitative estimate of drug-likeness (QED) is 0.525. The summed E-state index contributed by atoms with van der Waals surface area (Å²) < 4.78 is 5.05. The first-order valence-electron chi connectivity index (χ1n) is 7.70. The second-order valence-electron chi connectivity index (χ2n) is 5.10. The van der Waals surface area contributed by atoms with Crippen LogP contribution in [0.3, 0.4) is 0 Å². The number of nitrogens with one attached hydrogen (secondary N) is 2. The van der Waals surface area contributed by atoms with Gasteiger partial charge in [-0.1, -0.05) is 35.5 Å². The van der Waals surface area contributed by atoms with Gasteiger partial charge in [0.25, 0.3) is 0 Å². The molecule has 2 aromatic rings. The minimum absolute atomic E-state index is 0.00528. The first-order chi connectivity index (χ1) is 11.2. The van der Waals surface area contributed by atoms with Crippen molar-refractivity contribution in [3.63, 3.8) is 0 Å². The topological polar surface area (TPSA) is 95.6 Å². The van der Waals surface area contributed by atoms with Gasteiger partial charge >= 0.3 is 0 Å². The molecular formula is C16H23N5O2. The Morgan fingerprint density at radius 1 is 1.30 bits per heavy atom. The van der Waals surface area contributed by atoms with Gasteiger partial charge in [0, 0.05) is 19.0 Å². The van der Waals surface area contributed by atoms with Crippen LogP contribution in [0.4, 0.5) is 0 Å². The zero-order valence-corrected chi connectivity index (χ0v) is 13.5. The van der Waals surface area contributed by atoms with E-state index in [9.17, 15) is 5.11 Å². The minimum atomic E-state index is 0.00528. The summed E-state index contributed by atoms with van der Waals surface area (Å²) in [5.74, 6) is 1.72. The van der Waals surface area contributed by atoms with Crippen molar-refractivity contribution >= 4 is 5.96 Å². The predicted octanol–water partition coefficient (Wildman–Crippen LogP) is 1.21. The van der Waals surface area contributed by atoms with E-state index in [1.54, 1.807) is 6.92 Å². The van der Waals surface area contributed by atoms with Gasteiger partial charge in [-0.05, 0) is 19.4 Å². The second-order valence-corrected chi connectivity index (χ2v) is 5.10. The summed E-state index contributed by atoms with van der Waals surface area (Å²) in [6.07, 6.45) is 0. The normalized spacial score (nSPS) is 12.9. The first kappa shape index (κ1) is 17.0. The molecule has 1 atom stereocenters. The summed E-state index contributed by atoms with van der Waals surface area (Å²) in [6.45, 7) is 5.46. The van der Waals surface area contributed by atoms with Crippen LogP contribution in [-0.4, -0.2) is 40.9 Å². The summed E-state index contributed by atoms with van der Waals surface area (Å²) in [6, 6.07) is 9.91. The van der Waals surface area contributed by atoms with Crippen LogP contribution in [0.15, 0.2) is 39.8 Å². The molecule has 7 heteroatoms. The molecule has 0 fully saturated rings. The molecule has 0 saturated carbocycles. The van der Waals surface area contributed by atoms with E-state index in [2.05, 4.69) is 25.8 Å². The summed E-state index contributed by atoms with van der Waals surface area (Å²) >= 11 is 0. The molecule has 1 unspecified atom stereocenters. The molecule has 23 heavy (non-hydrogen) atoms. The molecule has 0 radical (unpaired) electrons. The summed E-state index contributed by atoms with van der Waals surface area (Å²) in [7, 11) is 0. The van der Waals surface area contributed by atoms with E-state index in [4.69, 9.17) is 4.52 Å². The second kappa shape index (κ2) is 8.89. The van der Waals surface area contributed by atoms with Gasteiger partial charge in [-0.2, -0.15) is 4.98 Å². The van der Waals surface area contributed by atoms with Crippen molar-refractivity contribution in [2.45, 2.75) is 26.3 Å². The third kappa shape index (κ3) is 5.37. The lowest BCUT2D eigenvalue weighted by atomic mass is 10.0. The smallest absolute Gasteiger partial charge is 0.248 e. The Bertz CT molecular complexity index is 612. The van der Waals surface area contributed by atoms with E-state index in [0.717, 1.165) is 12.1 Å². The monoisotopic (exact) mass is 317 g/mol. The number of hydrogen-bond donors (Lipinski definition) is 3. The third-order valence-electron chi connectivity index (χ3n) is 3.29. The van der Waals surface area contributed by atoms with E-state index in [1.807, 2.05) is 37.3 Å². The number of aliphatic hydroxyl groups excluding tert-OH is 1. The van der Waals surface area contributed by atoms with Crippen LogP contribution in [0.5, 0.6) is 0 Å². The van der Waals surface area contributed by atoms with Gasteiger partial charge < -0.3 is 20.3 Å². The van der Waals surface area contributed by atoms with Crippen molar-refractivity contribution in [1.82, 2.24) is 20.8 Å². The van der Waals surface area contributed by atoms with Crippen LogP contribution >= 0.6 is 0 Å². The van der Waals surface area contributed by atoms with Crippen LogP contribution in [0.25, 0.3) is 0 Å². The SMILES string of the molecule is CCNC(=NCc1nc(C)no1)NCC(CO)c1ccccc1. The van der Waals surface area contributed by atoms with Gasteiger partial charge in [0.1, 0.15) is 6.54 Å². The number of guanidine groups is 1. The Morgan fingerprint density at radius 3 is 2.70 bits per heavy atom. The minimum Gasteiger partial charge on any atom is -0.396 e. The zero-order valence-electron chi connectivity index (χ0n) is 13.5. The Balaban J connectivity index is 1.95. The number of aliphatic imine (C=N–C) groups is 1. The van der Waals surface area contributed by atoms with E-state index in [-0.39, 0.29) is 12.5 Å². The lowest BCUT2D eigenvalue weighted by molar-refractivity contribution is 0.265. The Hall–Kier alpha value is -2.41. The average Bonchev–Trinajstić information content (AvgIpc) is 2.99. The van der Waals surface area contributed by atoms with E-state index in [1.165, 1.54) is 0 Å². The molecule has 0 amide bonds. The number of aromatic nitrogens is 2. The number of rotatable bonds is 7. The molecule has 3 N–H and O–H groups in total. The Kier molecular flexibility index (Phi) is 6.56. The van der Waals surface area contributed by atoms with Gasteiger partial charge in [0.15, 0.2) is 11.8 Å². The van der Waals surface area contributed by atoms with E-state index in [0.29, 0.717) is 30.8 Å². The van der Waals surface area contributed by atoms with Gasteiger partial charge in [0.2, 0.25) is 5.89 Å². The van der Waals surface area contributed by atoms with Crippen molar-refractivity contribution in [3.05, 3.63) is 47.6 Å². The number of aryl methyl sites for hydroxylation is 1. The summed E-state index contributed by atoms with van der Waals surface area (Å²) in [5.41, 5.74) is 1.09. The molecule has 0 spiro atoms. The van der Waals surface area contributed by atoms with Crippen LogP contribution < -0.4 is 10.6 Å². The van der Waals surface area contributed by atoms with Crippen molar-refractivity contribution in [2.24, 2.45) is 4.99 Å². The van der Waals surface area contributed by atoms with Gasteiger partial charge in [0.05, 0.1) is 6.61 Å². The maximum absolute atomic E-state index is 9.60. The van der Waals surface area contributed by atoms with Crippen molar-refractivity contribution in [2.75, 3.05) is 19.7 Å². The van der Waals surface area contributed by atoms with Crippen LogP contribution in [0, 0.1) is 6.92 Å². The largest absolute Gasteiger partial charge is 0.396 e. The fourth-order valence-corrected chi connectivity index (χ4v) is 2.13. The van der Waals surface area contributed by atoms with Gasteiger partial charge in [-0.3, -0.25) is 0 Å². The maximum atomic E-state index is 9.60. The number of nitrogens with zero attached hydrogens (tertiary/aromatic N) is 3. The third-order valence-corrected chi connectivity index (χ3v) is 3.29. The molecule has 7 nitrogen and oxygen atoms in total. The molecule has 1 heterocycles. The predicted molar refractivity (Wildman–Crippen MR) is 88.1 cm³/mol. The van der Waals surface area contributed by atoms with Gasteiger partial charge in [-0.25, -0.2) is 4.99 Å². The van der Waals surface area contributed by atoms with Crippen molar-refractivity contribution < 1.29 is 9.63 Å². The molecule has 0 aliphatic heterocycles. The van der Waals surface area contributed by atoms with Gasteiger partial charge in [-0.15, -0.1) is 0 Å². The molecule has 0 saturated heterocycles. The zero-order chi connectivity index (χ0) is 16.5.